The fourth-order valence-corrected chi connectivity index (χ4v) is 5.86. The Labute approximate surface area is 113 Å². The van der Waals surface area contributed by atoms with Gasteiger partial charge >= 0.3 is 71.2 Å². The SMILES string of the molecule is CC(=O)O.CCC[CH2][Sn](=[O])[CH2]CCC.[Zn]. The summed E-state index contributed by atoms with van der Waals surface area (Å²) in [5, 5.41) is 7.42. The van der Waals surface area contributed by atoms with Gasteiger partial charge in [-0.1, -0.05) is 0 Å². The molecule has 0 saturated carbocycles. The Hall–Kier alpha value is 0.692. The largest absolute Gasteiger partial charge is 0 e. The normalized spacial score (nSPS) is 8.20. The van der Waals surface area contributed by atoms with Gasteiger partial charge in [-0.15, -0.1) is 0 Å². The first-order chi connectivity index (χ1) is 6.54. The quantitative estimate of drug-likeness (QED) is 0.727. The third kappa shape index (κ3) is 31.3. The van der Waals surface area contributed by atoms with Crippen LogP contribution in [0.3, 0.4) is 0 Å². The van der Waals surface area contributed by atoms with Crippen LogP contribution >= 0.6 is 0 Å². The Morgan fingerprint density at radius 3 is 1.60 bits per heavy atom. The Balaban J connectivity index is -0.000000249. The van der Waals surface area contributed by atoms with Crippen molar-refractivity contribution in [1.82, 2.24) is 0 Å². The molecule has 0 aliphatic heterocycles. The van der Waals surface area contributed by atoms with Crippen LogP contribution < -0.4 is 0 Å². The fraction of sp³-hybridized carbons (Fsp3) is 0.900. The molecule has 0 heterocycles. The topological polar surface area (TPSA) is 54.4 Å². The van der Waals surface area contributed by atoms with Gasteiger partial charge in [0, 0.05) is 26.4 Å². The van der Waals surface area contributed by atoms with Crippen LogP contribution in [0.4, 0.5) is 0 Å². The standard InChI is InChI=1S/2C4H9.C2H4O2.O.Sn.Zn/c2*1-3-4-2;1-2(3)4;;;/h2*1,3-4H2,2H3;1H3,(H,3,4);;;. The second kappa shape index (κ2) is 17.1. The Bertz CT molecular complexity index is 149. The molecule has 0 amide bonds. The minimum Gasteiger partial charge on any atom is 0 e. The third-order valence-corrected chi connectivity index (χ3v) is 6.82. The van der Waals surface area contributed by atoms with Crippen molar-refractivity contribution in [1.29, 1.82) is 0 Å². The van der Waals surface area contributed by atoms with Crippen LogP contribution in [0.5, 0.6) is 0 Å². The van der Waals surface area contributed by atoms with Crippen LogP contribution in [-0.2, 0) is 27.3 Å². The van der Waals surface area contributed by atoms with E-state index >= 15 is 0 Å². The Morgan fingerprint density at radius 1 is 1.13 bits per heavy atom. The summed E-state index contributed by atoms with van der Waals surface area (Å²) in [7, 11) is 0. The summed E-state index contributed by atoms with van der Waals surface area (Å²) >= 11 is -1.99. The molecule has 0 aliphatic carbocycles. The summed E-state index contributed by atoms with van der Waals surface area (Å²) in [5.41, 5.74) is 0. The van der Waals surface area contributed by atoms with Gasteiger partial charge in [-0.2, -0.15) is 0 Å². The van der Waals surface area contributed by atoms with Gasteiger partial charge in [-0.05, 0) is 0 Å². The van der Waals surface area contributed by atoms with Gasteiger partial charge in [0.2, 0.25) is 0 Å². The number of carboxylic acids is 1. The van der Waals surface area contributed by atoms with Crippen LogP contribution in [0.2, 0.25) is 8.87 Å². The predicted octanol–water partition coefficient (Wildman–Crippen LogP) is 3.10. The van der Waals surface area contributed by atoms with Crippen LogP contribution in [-0.4, -0.2) is 30.8 Å². The van der Waals surface area contributed by atoms with E-state index in [1.54, 1.807) is 0 Å². The third-order valence-electron chi connectivity index (χ3n) is 1.62. The molecule has 5 heteroatoms. The zero-order chi connectivity index (χ0) is 11.4. The van der Waals surface area contributed by atoms with E-state index < -0.39 is 25.7 Å². The maximum absolute atomic E-state index is 11.2. The minimum absolute atomic E-state index is 0. The molecule has 0 aromatic carbocycles. The Kier molecular flexibility index (Phi) is 24.0. The summed E-state index contributed by atoms with van der Waals surface area (Å²) in [6.07, 6.45) is 4.81. The molecule has 1 N–H and O–H groups in total. The molecule has 15 heavy (non-hydrogen) atoms. The molecule has 0 atom stereocenters. The van der Waals surface area contributed by atoms with Gasteiger partial charge in [-0.25, -0.2) is 0 Å². The molecule has 3 nitrogen and oxygen atoms in total. The smallest absolute Gasteiger partial charge is 0 e. The van der Waals surface area contributed by atoms with Gasteiger partial charge in [0.15, 0.2) is 0 Å². The first kappa shape index (κ1) is 21.0. The van der Waals surface area contributed by atoms with E-state index in [0.717, 1.165) is 15.8 Å². The molecule has 0 spiro atoms. The number of hydrogen-bond donors (Lipinski definition) is 1. The molecule has 0 bridgehead atoms. The summed E-state index contributed by atoms with van der Waals surface area (Å²) in [5.74, 6) is -0.833. The van der Waals surface area contributed by atoms with E-state index in [-0.39, 0.29) is 19.5 Å². The van der Waals surface area contributed by atoms with Crippen LogP contribution in [0.15, 0.2) is 0 Å². The molecular formula is C10H22O3SnZn. The second-order valence-electron chi connectivity index (χ2n) is 3.26. The number of carbonyl (C=O) groups is 1. The molecule has 0 aromatic heterocycles. The molecule has 0 rings (SSSR count). The van der Waals surface area contributed by atoms with E-state index in [2.05, 4.69) is 13.8 Å². The first-order valence-corrected chi connectivity index (χ1v) is 10.5. The van der Waals surface area contributed by atoms with Crippen LogP contribution in [0, 0.1) is 0 Å². The maximum Gasteiger partial charge on any atom is 0 e. The monoisotopic (exact) mass is 374 g/mol. The van der Waals surface area contributed by atoms with E-state index in [9.17, 15) is 3.08 Å². The molecular weight excluding hydrogens is 352 g/mol. The predicted molar refractivity (Wildman–Crippen MR) is 59.2 cm³/mol. The van der Waals surface area contributed by atoms with Crippen molar-refractivity contribution in [2.24, 2.45) is 0 Å². The van der Waals surface area contributed by atoms with E-state index in [4.69, 9.17) is 9.90 Å². The summed E-state index contributed by atoms with van der Waals surface area (Å²) in [4.78, 5) is 9.00. The molecule has 0 radical (unpaired) electrons. The minimum atomic E-state index is -1.99. The molecule has 0 aliphatic rings. The van der Waals surface area contributed by atoms with Gasteiger partial charge < -0.3 is 5.11 Å². The Morgan fingerprint density at radius 2 is 1.40 bits per heavy atom. The van der Waals surface area contributed by atoms with E-state index in [0.29, 0.717) is 0 Å². The fourth-order valence-electron chi connectivity index (χ4n) is 0.873. The van der Waals surface area contributed by atoms with Crippen LogP contribution in [0.1, 0.15) is 46.5 Å². The van der Waals surface area contributed by atoms with Crippen molar-refractivity contribution in [3.63, 3.8) is 0 Å². The van der Waals surface area contributed by atoms with Crippen molar-refractivity contribution in [2.75, 3.05) is 0 Å². The number of carboxylic acid groups (broad SMARTS) is 1. The van der Waals surface area contributed by atoms with Crippen molar-refractivity contribution in [3.05, 3.63) is 0 Å². The van der Waals surface area contributed by atoms with Crippen molar-refractivity contribution >= 4 is 25.7 Å². The average molecular weight is 374 g/mol. The summed E-state index contributed by atoms with van der Waals surface area (Å²) in [6.45, 7) is 5.41. The van der Waals surface area contributed by atoms with Crippen molar-refractivity contribution in [3.8, 4) is 0 Å². The van der Waals surface area contributed by atoms with Crippen LogP contribution in [0.25, 0.3) is 0 Å². The number of hydrogen-bond acceptors (Lipinski definition) is 2. The number of rotatable bonds is 6. The van der Waals surface area contributed by atoms with Crippen molar-refractivity contribution < 1.29 is 32.5 Å². The van der Waals surface area contributed by atoms with E-state index in [1.807, 2.05) is 0 Å². The second-order valence-corrected chi connectivity index (χ2v) is 9.19. The van der Waals surface area contributed by atoms with Gasteiger partial charge in [-0.3, -0.25) is 4.79 Å². The van der Waals surface area contributed by atoms with Gasteiger partial charge in [0.25, 0.3) is 5.97 Å². The molecule has 86 valence electrons. The zero-order valence-corrected chi connectivity index (χ0v) is 16.0. The van der Waals surface area contributed by atoms with Crippen molar-refractivity contribution in [2.45, 2.75) is 55.3 Å². The maximum atomic E-state index is 11.2. The zero-order valence-electron chi connectivity index (χ0n) is 10.2. The summed E-state index contributed by atoms with van der Waals surface area (Å²) < 4.78 is 13.4. The summed E-state index contributed by atoms with van der Waals surface area (Å²) in [6, 6.07) is 0. The molecule has 0 saturated heterocycles. The molecule has 0 fully saturated rings. The van der Waals surface area contributed by atoms with Gasteiger partial charge in [0.1, 0.15) is 0 Å². The average Bonchev–Trinajstić information content (AvgIpc) is 2.10. The first-order valence-electron chi connectivity index (χ1n) is 5.25. The van der Waals surface area contributed by atoms with E-state index in [1.165, 1.54) is 25.7 Å². The van der Waals surface area contributed by atoms with Gasteiger partial charge in [0.05, 0.1) is 0 Å². The number of unbranched alkanes of at least 4 members (excludes halogenated alkanes) is 2. The molecule has 0 unspecified atom stereocenters. The number of aliphatic carboxylic acids is 1. The molecule has 0 aromatic rings.